The Balaban J connectivity index is 0.00000336. The third kappa shape index (κ3) is 5.90. The molecule has 200 valence electrons. The van der Waals surface area contributed by atoms with Gasteiger partial charge in [-0.1, -0.05) is 59.1 Å². The quantitative estimate of drug-likeness (QED) is 0.345. The monoisotopic (exact) mass is 592 g/mol. The van der Waals surface area contributed by atoms with Crippen molar-refractivity contribution >= 4 is 59.1 Å². The van der Waals surface area contributed by atoms with Crippen LogP contribution in [0.2, 0.25) is 15.1 Å². The normalized spacial score (nSPS) is 19.1. The van der Waals surface area contributed by atoms with Crippen LogP contribution in [0.4, 0.5) is 4.79 Å². The van der Waals surface area contributed by atoms with Gasteiger partial charge in [-0.2, -0.15) is 0 Å². The number of hydrogen-bond donors (Lipinski definition) is 1. The van der Waals surface area contributed by atoms with Crippen LogP contribution in [-0.4, -0.2) is 54.5 Å². The van der Waals surface area contributed by atoms with E-state index in [2.05, 4.69) is 5.32 Å². The number of amidine groups is 1. The van der Waals surface area contributed by atoms with Crippen LogP contribution >= 0.6 is 47.2 Å². The largest absolute Gasteiger partial charge is 0.493 e. The zero-order chi connectivity index (χ0) is 25.9. The molecule has 2 heterocycles. The second-order valence-electron chi connectivity index (χ2n) is 8.91. The first-order valence-corrected chi connectivity index (χ1v) is 13.4. The Labute approximate surface area is 243 Å². The summed E-state index contributed by atoms with van der Waals surface area (Å²) in [6, 6.07) is 19.8. The second kappa shape index (κ2) is 12.6. The molecule has 5 rings (SSSR count). The molecule has 0 aliphatic carbocycles. The van der Waals surface area contributed by atoms with E-state index in [4.69, 9.17) is 44.5 Å². The molecule has 2 atom stereocenters. The third-order valence-electron chi connectivity index (χ3n) is 6.57. The lowest BCUT2D eigenvalue weighted by Crippen LogP contribution is -2.53. The summed E-state index contributed by atoms with van der Waals surface area (Å²) in [5, 5.41) is 5.14. The van der Waals surface area contributed by atoms with Crippen molar-refractivity contribution in [2.24, 2.45) is 4.99 Å². The molecule has 1 saturated heterocycles. The molecule has 38 heavy (non-hydrogen) atoms. The molecule has 0 spiro atoms. The molecule has 0 aromatic heterocycles. The van der Waals surface area contributed by atoms with Gasteiger partial charge in [0.1, 0.15) is 17.6 Å². The Hall–Kier alpha value is -2.48. The smallest absolute Gasteiger partial charge is 0.326 e. The van der Waals surface area contributed by atoms with E-state index in [0.29, 0.717) is 51.9 Å². The van der Waals surface area contributed by atoms with E-state index >= 15 is 0 Å². The van der Waals surface area contributed by atoms with Crippen LogP contribution in [0, 0.1) is 0 Å². The molecule has 1 N–H and O–H groups in total. The van der Waals surface area contributed by atoms with Crippen molar-refractivity contribution in [1.82, 2.24) is 15.1 Å². The van der Waals surface area contributed by atoms with Crippen LogP contribution in [0.25, 0.3) is 0 Å². The van der Waals surface area contributed by atoms with Gasteiger partial charge in [0.15, 0.2) is 0 Å². The third-order valence-corrected chi connectivity index (χ3v) is 7.31. The maximum atomic E-state index is 14.2. The van der Waals surface area contributed by atoms with Gasteiger partial charge >= 0.3 is 6.03 Å². The number of rotatable bonds is 5. The van der Waals surface area contributed by atoms with Crippen LogP contribution < -0.4 is 10.1 Å². The van der Waals surface area contributed by atoms with E-state index in [1.807, 2.05) is 66.4 Å². The van der Waals surface area contributed by atoms with Gasteiger partial charge in [0.2, 0.25) is 0 Å². The highest BCUT2D eigenvalue weighted by Crippen LogP contribution is 2.45. The minimum Gasteiger partial charge on any atom is -0.493 e. The standard InChI is InChI=1S/C28H27Cl3N4O2.ClH/c1-2-37-24-17-22(31)11-12-23(24)27-33-25(18-3-7-20(29)8-4-18)26(19-5-9-21(30)10-6-19)35(27)28(36)34-15-13-32-14-16-34;/h3-12,17,25-26,32H,2,13-16H2,1H3;1H/t25-,26+;/m1./s1. The Kier molecular flexibility index (Phi) is 9.45. The van der Waals surface area contributed by atoms with Crippen LogP contribution in [0.5, 0.6) is 5.75 Å². The van der Waals surface area contributed by atoms with Gasteiger partial charge < -0.3 is 15.0 Å². The maximum Gasteiger partial charge on any atom is 0.326 e. The van der Waals surface area contributed by atoms with E-state index in [0.717, 1.165) is 24.2 Å². The highest BCUT2D eigenvalue weighted by Gasteiger charge is 2.44. The van der Waals surface area contributed by atoms with Crippen molar-refractivity contribution in [2.75, 3.05) is 32.8 Å². The number of benzene rings is 3. The molecule has 0 saturated carbocycles. The number of aliphatic imine (C=N–C) groups is 1. The zero-order valence-electron chi connectivity index (χ0n) is 20.7. The summed E-state index contributed by atoms with van der Waals surface area (Å²) in [6.45, 7) is 5.07. The molecule has 3 aromatic rings. The summed E-state index contributed by atoms with van der Waals surface area (Å²) in [5.41, 5.74) is 2.59. The molecule has 2 amide bonds. The van der Waals surface area contributed by atoms with Crippen molar-refractivity contribution in [3.63, 3.8) is 0 Å². The van der Waals surface area contributed by atoms with E-state index in [1.54, 1.807) is 17.0 Å². The SMILES string of the molecule is CCOc1cc(Cl)ccc1C1=N[C@H](c2ccc(Cl)cc2)[C@H](c2ccc(Cl)cc2)N1C(=O)N1CCNCC1.Cl. The Morgan fingerprint density at radius 3 is 2.11 bits per heavy atom. The first-order chi connectivity index (χ1) is 18.0. The summed E-state index contributed by atoms with van der Waals surface area (Å²) < 4.78 is 5.96. The highest BCUT2D eigenvalue weighted by molar-refractivity contribution is 6.31. The lowest BCUT2D eigenvalue weighted by atomic mass is 9.93. The fourth-order valence-corrected chi connectivity index (χ4v) is 5.23. The predicted octanol–water partition coefficient (Wildman–Crippen LogP) is 7.04. The molecular weight excluding hydrogens is 566 g/mol. The van der Waals surface area contributed by atoms with Gasteiger partial charge in [0, 0.05) is 41.2 Å². The summed E-state index contributed by atoms with van der Waals surface area (Å²) in [7, 11) is 0. The molecule has 0 unspecified atom stereocenters. The molecular formula is C28H28Cl4N4O2. The number of hydrogen-bond acceptors (Lipinski definition) is 4. The van der Waals surface area contributed by atoms with Gasteiger partial charge in [-0.15, -0.1) is 12.4 Å². The highest BCUT2D eigenvalue weighted by atomic mass is 35.5. The Morgan fingerprint density at radius 1 is 0.921 bits per heavy atom. The lowest BCUT2D eigenvalue weighted by molar-refractivity contribution is 0.157. The van der Waals surface area contributed by atoms with E-state index in [9.17, 15) is 4.79 Å². The van der Waals surface area contributed by atoms with Gasteiger partial charge in [-0.3, -0.25) is 9.89 Å². The summed E-state index contributed by atoms with van der Waals surface area (Å²) in [5.74, 6) is 1.13. The van der Waals surface area contributed by atoms with Crippen molar-refractivity contribution < 1.29 is 9.53 Å². The summed E-state index contributed by atoms with van der Waals surface area (Å²) in [6.07, 6.45) is 0. The number of halogens is 4. The number of carbonyl (C=O) groups excluding carboxylic acids is 1. The zero-order valence-corrected chi connectivity index (χ0v) is 23.8. The molecule has 10 heteroatoms. The number of urea groups is 1. The minimum absolute atomic E-state index is 0. The fourth-order valence-electron chi connectivity index (χ4n) is 4.82. The first kappa shape index (κ1) is 28.5. The summed E-state index contributed by atoms with van der Waals surface area (Å²) in [4.78, 5) is 23.1. The van der Waals surface area contributed by atoms with Crippen LogP contribution in [0.3, 0.4) is 0 Å². The molecule has 3 aromatic carbocycles. The van der Waals surface area contributed by atoms with Gasteiger partial charge in [-0.05, 0) is 60.5 Å². The topological polar surface area (TPSA) is 57.2 Å². The predicted molar refractivity (Wildman–Crippen MR) is 156 cm³/mol. The average molecular weight is 594 g/mol. The van der Waals surface area contributed by atoms with Crippen LogP contribution in [-0.2, 0) is 0 Å². The number of piperazine rings is 1. The van der Waals surface area contributed by atoms with Gasteiger partial charge in [0.25, 0.3) is 0 Å². The van der Waals surface area contributed by atoms with Crippen LogP contribution in [0.15, 0.2) is 71.7 Å². The minimum atomic E-state index is -0.402. The van der Waals surface area contributed by atoms with E-state index in [1.165, 1.54) is 0 Å². The number of ether oxygens (including phenoxy) is 1. The molecule has 0 radical (unpaired) electrons. The number of nitrogens with zero attached hydrogens (tertiary/aromatic N) is 3. The van der Waals surface area contributed by atoms with Crippen molar-refractivity contribution in [3.05, 3.63) is 98.5 Å². The second-order valence-corrected chi connectivity index (χ2v) is 10.2. The van der Waals surface area contributed by atoms with E-state index < -0.39 is 6.04 Å². The van der Waals surface area contributed by atoms with Crippen molar-refractivity contribution in [1.29, 1.82) is 0 Å². The van der Waals surface area contributed by atoms with Gasteiger partial charge in [0.05, 0.1) is 18.2 Å². The number of nitrogens with one attached hydrogen (secondary N) is 1. The van der Waals surface area contributed by atoms with Crippen molar-refractivity contribution in [3.8, 4) is 5.75 Å². The summed E-state index contributed by atoms with van der Waals surface area (Å²) >= 11 is 18.8. The molecule has 0 bridgehead atoms. The molecule has 6 nitrogen and oxygen atoms in total. The fraction of sp³-hybridized carbons (Fsp3) is 0.286. The first-order valence-electron chi connectivity index (χ1n) is 12.3. The Morgan fingerprint density at radius 2 is 1.50 bits per heavy atom. The van der Waals surface area contributed by atoms with Gasteiger partial charge in [-0.25, -0.2) is 4.79 Å². The number of carbonyl (C=O) groups is 1. The van der Waals surface area contributed by atoms with Crippen LogP contribution in [0.1, 0.15) is 35.7 Å². The average Bonchev–Trinajstić information content (AvgIpc) is 3.30. The molecule has 2 aliphatic rings. The number of amides is 2. The Bertz CT molecular complexity index is 1300. The maximum absolute atomic E-state index is 14.2. The van der Waals surface area contributed by atoms with E-state index in [-0.39, 0.29) is 24.5 Å². The lowest BCUT2D eigenvalue weighted by Gasteiger charge is -2.36. The van der Waals surface area contributed by atoms with Crippen molar-refractivity contribution in [2.45, 2.75) is 19.0 Å². The molecule has 1 fully saturated rings. The molecule has 2 aliphatic heterocycles.